The van der Waals surface area contributed by atoms with Crippen LogP contribution in [0.4, 0.5) is 0 Å². The molecule has 0 saturated heterocycles. The minimum atomic E-state index is 0.468. The summed E-state index contributed by atoms with van der Waals surface area (Å²) in [6, 6.07) is 0. The predicted octanol–water partition coefficient (Wildman–Crippen LogP) is 0.101. The van der Waals surface area contributed by atoms with Crippen molar-refractivity contribution < 1.29 is 4.79 Å². The number of nitrogens with one attached hydrogen (secondary N) is 1. The molecule has 13 heavy (non-hydrogen) atoms. The van der Waals surface area contributed by atoms with Gasteiger partial charge in [-0.25, -0.2) is 0 Å². The molecule has 0 bridgehead atoms. The lowest BCUT2D eigenvalue weighted by atomic mass is 10.3. The van der Waals surface area contributed by atoms with E-state index in [-0.39, 0.29) is 0 Å². The van der Waals surface area contributed by atoms with Crippen molar-refractivity contribution in [2.24, 2.45) is 0 Å². The van der Waals surface area contributed by atoms with E-state index in [1.165, 1.54) is 0 Å². The molecule has 1 radical (unpaired) electrons. The van der Waals surface area contributed by atoms with Crippen molar-refractivity contribution in [1.82, 2.24) is 15.1 Å². The highest BCUT2D eigenvalue weighted by Crippen LogP contribution is 2.20. The van der Waals surface area contributed by atoms with E-state index >= 15 is 0 Å². The summed E-state index contributed by atoms with van der Waals surface area (Å²) < 4.78 is 0. The first-order valence-electron chi connectivity index (χ1n) is 4.10. The largest absolute Gasteiger partial charge is 0.330 e. The van der Waals surface area contributed by atoms with E-state index in [1.54, 1.807) is 6.41 Å². The van der Waals surface area contributed by atoms with Crippen molar-refractivity contribution in [2.75, 3.05) is 13.2 Å². The van der Waals surface area contributed by atoms with Gasteiger partial charge in [0.05, 0.1) is 6.67 Å². The smallest absolute Gasteiger partial charge is 0.310 e. The Bertz CT molecular complexity index is 293. The molecule has 0 unspecified atom stereocenters. The van der Waals surface area contributed by atoms with E-state index in [2.05, 4.69) is 16.3 Å². The lowest BCUT2D eigenvalue weighted by Crippen LogP contribution is -2.31. The molecular formula is C9H10N3O. The Kier molecular flexibility index (Phi) is 2.04. The Morgan fingerprint density at radius 3 is 3.31 bits per heavy atom. The Balaban J connectivity index is 2.05. The molecule has 0 aromatic heterocycles. The summed E-state index contributed by atoms with van der Waals surface area (Å²) in [5.74, 6) is 1.09. The van der Waals surface area contributed by atoms with E-state index < -0.39 is 0 Å². The van der Waals surface area contributed by atoms with Crippen LogP contribution in [0.1, 0.15) is 0 Å². The van der Waals surface area contributed by atoms with E-state index in [1.807, 2.05) is 29.5 Å². The molecule has 0 saturated carbocycles. The molecule has 0 fully saturated rings. The van der Waals surface area contributed by atoms with Crippen LogP contribution in [-0.2, 0) is 4.79 Å². The van der Waals surface area contributed by atoms with Gasteiger partial charge in [-0.05, 0) is 6.08 Å². The van der Waals surface area contributed by atoms with Gasteiger partial charge >= 0.3 is 6.41 Å². The third kappa shape index (κ3) is 1.42. The molecule has 0 aromatic carbocycles. The fourth-order valence-electron chi connectivity index (χ4n) is 1.40. The average Bonchev–Trinajstić information content (AvgIpc) is 2.58. The summed E-state index contributed by atoms with van der Waals surface area (Å²) in [7, 11) is 0. The van der Waals surface area contributed by atoms with Gasteiger partial charge in [0.2, 0.25) is 0 Å². The zero-order chi connectivity index (χ0) is 9.10. The van der Waals surface area contributed by atoms with Crippen LogP contribution < -0.4 is 5.32 Å². The SMILES string of the molecule is O=[C]NCN1C=CN2CC=CC=C21. The third-order valence-corrected chi connectivity index (χ3v) is 2.02. The molecule has 1 N–H and O–H groups in total. The standard InChI is InChI=1S/C9H10N3O/c13-8-10-7-12-6-5-11-4-2-1-3-9(11)12/h1-3,5-6H,4,7H2,(H,10,13). The number of allylic oxidation sites excluding steroid dienone is 2. The van der Waals surface area contributed by atoms with Gasteiger partial charge < -0.3 is 15.1 Å². The van der Waals surface area contributed by atoms with Crippen molar-refractivity contribution in [1.29, 1.82) is 0 Å². The van der Waals surface area contributed by atoms with Crippen molar-refractivity contribution in [3.63, 3.8) is 0 Å². The van der Waals surface area contributed by atoms with Crippen LogP contribution >= 0.6 is 0 Å². The fraction of sp³-hybridized carbons (Fsp3) is 0.222. The maximum absolute atomic E-state index is 9.99. The number of nitrogens with zero attached hydrogens (tertiary/aromatic N) is 2. The van der Waals surface area contributed by atoms with Crippen LogP contribution in [0.25, 0.3) is 0 Å². The lowest BCUT2D eigenvalue weighted by molar-refractivity contribution is 0.364. The van der Waals surface area contributed by atoms with Crippen LogP contribution in [0.3, 0.4) is 0 Å². The highest BCUT2D eigenvalue weighted by Gasteiger charge is 2.18. The highest BCUT2D eigenvalue weighted by atomic mass is 16.1. The molecule has 2 heterocycles. The topological polar surface area (TPSA) is 35.6 Å². The Morgan fingerprint density at radius 1 is 1.54 bits per heavy atom. The van der Waals surface area contributed by atoms with Crippen molar-refractivity contribution in [3.05, 3.63) is 36.4 Å². The zero-order valence-corrected chi connectivity index (χ0v) is 7.10. The average molecular weight is 176 g/mol. The molecule has 4 nitrogen and oxygen atoms in total. The van der Waals surface area contributed by atoms with Crippen LogP contribution in [0.15, 0.2) is 36.4 Å². The second-order valence-electron chi connectivity index (χ2n) is 2.81. The van der Waals surface area contributed by atoms with E-state index in [0.29, 0.717) is 6.67 Å². The molecule has 2 aliphatic heterocycles. The molecule has 0 spiro atoms. The minimum Gasteiger partial charge on any atom is -0.330 e. The number of fused-ring (bicyclic) bond motifs is 1. The summed E-state index contributed by atoms with van der Waals surface area (Å²) in [5, 5.41) is 2.50. The maximum atomic E-state index is 9.99. The lowest BCUT2D eigenvalue weighted by Gasteiger charge is -2.25. The maximum Gasteiger partial charge on any atom is 0.310 e. The number of rotatable bonds is 3. The van der Waals surface area contributed by atoms with Gasteiger partial charge in [-0.2, -0.15) is 0 Å². The van der Waals surface area contributed by atoms with E-state index in [4.69, 9.17) is 0 Å². The van der Waals surface area contributed by atoms with Gasteiger partial charge in [0, 0.05) is 18.9 Å². The van der Waals surface area contributed by atoms with Crippen LogP contribution in [-0.4, -0.2) is 29.4 Å². The number of hydrogen-bond donors (Lipinski definition) is 1. The van der Waals surface area contributed by atoms with Crippen LogP contribution in [0, 0.1) is 0 Å². The van der Waals surface area contributed by atoms with Gasteiger partial charge in [-0.1, -0.05) is 12.2 Å². The molecule has 4 heteroatoms. The van der Waals surface area contributed by atoms with Gasteiger partial charge in [-0.15, -0.1) is 0 Å². The van der Waals surface area contributed by atoms with Crippen molar-refractivity contribution >= 4 is 6.41 Å². The van der Waals surface area contributed by atoms with E-state index in [9.17, 15) is 4.79 Å². The number of hydrogen-bond acceptors (Lipinski definition) is 3. The first-order valence-corrected chi connectivity index (χ1v) is 4.10. The van der Waals surface area contributed by atoms with Gasteiger partial charge in [0.15, 0.2) is 0 Å². The molecular weight excluding hydrogens is 166 g/mol. The van der Waals surface area contributed by atoms with Crippen LogP contribution in [0.5, 0.6) is 0 Å². The molecule has 0 aromatic rings. The fourth-order valence-corrected chi connectivity index (χ4v) is 1.40. The Labute approximate surface area is 76.8 Å². The summed E-state index contributed by atoms with van der Waals surface area (Å²) in [6.45, 7) is 1.36. The summed E-state index contributed by atoms with van der Waals surface area (Å²) in [5.41, 5.74) is 0. The Hall–Kier alpha value is -1.71. The van der Waals surface area contributed by atoms with Gasteiger partial charge in [-0.3, -0.25) is 4.79 Å². The zero-order valence-electron chi connectivity index (χ0n) is 7.10. The van der Waals surface area contributed by atoms with E-state index in [0.717, 1.165) is 12.4 Å². The van der Waals surface area contributed by atoms with Crippen LogP contribution in [0.2, 0.25) is 0 Å². The third-order valence-electron chi connectivity index (χ3n) is 2.02. The summed E-state index contributed by atoms with van der Waals surface area (Å²) in [6.07, 6.45) is 11.7. The minimum absolute atomic E-state index is 0.468. The first kappa shape index (κ1) is 7.91. The first-order chi connectivity index (χ1) is 6.42. The normalized spacial score (nSPS) is 18.6. The number of amides is 1. The summed E-state index contributed by atoms with van der Waals surface area (Å²) >= 11 is 0. The van der Waals surface area contributed by atoms with Crippen molar-refractivity contribution in [2.45, 2.75) is 0 Å². The molecule has 0 atom stereocenters. The monoisotopic (exact) mass is 176 g/mol. The molecule has 1 amide bonds. The van der Waals surface area contributed by atoms with Crippen molar-refractivity contribution in [3.8, 4) is 0 Å². The molecule has 2 aliphatic rings. The molecule has 67 valence electrons. The summed E-state index contributed by atoms with van der Waals surface area (Å²) in [4.78, 5) is 14.0. The quantitative estimate of drug-likeness (QED) is 0.619. The van der Waals surface area contributed by atoms with Gasteiger partial charge in [0.1, 0.15) is 5.82 Å². The van der Waals surface area contributed by atoms with Gasteiger partial charge in [0.25, 0.3) is 0 Å². The second-order valence-corrected chi connectivity index (χ2v) is 2.81. The second kappa shape index (κ2) is 3.35. The molecule has 0 aliphatic carbocycles. The molecule has 2 rings (SSSR count). The Morgan fingerprint density at radius 2 is 2.46 bits per heavy atom. The number of carbonyl (C=O) groups excluding carboxylic acids is 1. The predicted molar refractivity (Wildman–Crippen MR) is 48.6 cm³/mol. The highest BCUT2D eigenvalue weighted by molar-refractivity contribution is 5.47.